The fourth-order valence-electron chi connectivity index (χ4n) is 1.19. The molecule has 0 saturated carbocycles. The van der Waals surface area contributed by atoms with Gasteiger partial charge in [0.2, 0.25) is 0 Å². The quantitative estimate of drug-likeness (QED) is 0.618. The summed E-state index contributed by atoms with van der Waals surface area (Å²) in [4.78, 5) is 4.27. The van der Waals surface area contributed by atoms with Crippen molar-refractivity contribution in [3.63, 3.8) is 0 Å². The second kappa shape index (κ2) is 5.56. The zero-order valence-electron chi connectivity index (χ0n) is 10.1. The molecule has 1 rings (SSSR count). The van der Waals surface area contributed by atoms with Crippen LogP contribution in [0.3, 0.4) is 0 Å². The first-order valence-corrected chi connectivity index (χ1v) is 6.33. The molecule has 0 aromatic carbocycles. The molecule has 0 fully saturated rings. The van der Waals surface area contributed by atoms with Crippen molar-refractivity contribution in [2.24, 2.45) is 7.05 Å². The third-order valence-corrected chi connectivity index (χ3v) is 3.13. The zero-order chi connectivity index (χ0) is 11.3. The molecule has 0 saturated heterocycles. The molecule has 1 heterocycles. The van der Waals surface area contributed by atoms with Gasteiger partial charge in [0.15, 0.2) is 5.16 Å². The van der Waals surface area contributed by atoms with Crippen LogP contribution >= 0.6 is 11.8 Å². The van der Waals surface area contributed by atoms with Crippen LogP contribution in [-0.4, -0.2) is 27.4 Å². The Balaban J connectivity index is 2.10. The van der Waals surface area contributed by atoms with Crippen LogP contribution in [0, 0.1) is 0 Å². The predicted octanol–water partition coefficient (Wildman–Crippen LogP) is 2.29. The van der Waals surface area contributed by atoms with E-state index in [-0.39, 0.29) is 5.54 Å². The molecule has 86 valence electrons. The summed E-state index contributed by atoms with van der Waals surface area (Å²) in [7, 11) is 2.03. The number of hydrogen-bond acceptors (Lipinski definition) is 3. The summed E-state index contributed by atoms with van der Waals surface area (Å²) >= 11 is 1.82. The van der Waals surface area contributed by atoms with Crippen molar-refractivity contribution in [2.45, 2.75) is 37.9 Å². The molecule has 1 aromatic rings. The maximum absolute atomic E-state index is 4.27. The van der Waals surface area contributed by atoms with Gasteiger partial charge in [-0.2, -0.15) is 0 Å². The van der Waals surface area contributed by atoms with E-state index in [1.807, 2.05) is 31.2 Å². The van der Waals surface area contributed by atoms with Crippen LogP contribution in [0.1, 0.15) is 27.2 Å². The van der Waals surface area contributed by atoms with E-state index in [9.17, 15) is 0 Å². The number of aryl methyl sites for hydroxylation is 1. The minimum Gasteiger partial charge on any atom is -0.329 e. The Morgan fingerprint density at radius 1 is 1.47 bits per heavy atom. The van der Waals surface area contributed by atoms with Crippen molar-refractivity contribution in [2.75, 3.05) is 12.3 Å². The van der Waals surface area contributed by atoms with Gasteiger partial charge in [0.1, 0.15) is 0 Å². The summed E-state index contributed by atoms with van der Waals surface area (Å²) in [5.41, 5.74) is 0.230. The van der Waals surface area contributed by atoms with Gasteiger partial charge in [-0.1, -0.05) is 11.8 Å². The van der Waals surface area contributed by atoms with Gasteiger partial charge in [0.25, 0.3) is 0 Å². The van der Waals surface area contributed by atoms with Crippen molar-refractivity contribution < 1.29 is 0 Å². The van der Waals surface area contributed by atoms with Crippen molar-refractivity contribution in [3.05, 3.63) is 12.4 Å². The monoisotopic (exact) mass is 227 g/mol. The van der Waals surface area contributed by atoms with E-state index < -0.39 is 0 Å². The minimum atomic E-state index is 0.230. The fourth-order valence-corrected chi connectivity index (χ4v) is 2.06. The number of nitrogens with one attached hydrogen (secondary N) is 1. The summed E-state index contributed by atoms with van der Waals surface area (Å²) in [6, 6.07) is 0. The van der Waals surface area contributed by atoms with Gasteiger partial charge in [0, 0.05) is 30.7 Å². The average molecular weight is 227 g/mol. The zero-order valence-corrected chi connectivity index (χ0v) is 10.9. The normalized spacial score (nSPS) is 12.0. The molecule has 3 nitrogen and oxygen atoms in total. The van der Waals surface area contributed by atoms with Gasteiger partial charge in [-0.3, -0.25) is 0 Å². The molecular formula is C11H21N3S. The Kier molecular flexibility index (Phi) is 4.67. The largest absolute Gasteiger partial charge is 0.329 e. The first-order valence-electron chi connectivity index (χ1n) is 5.34. The first-order chi connectivity index (χ1) is 6.99. The van der Waals surface area contributed by atoms with Crippen LogP contribution in [0.15, 0.2) is 17.6 Å². The van der Waals surface area contributed by atoms with Gasteiger partial charge in [-0.25, -0.2) is 4.98 Å². The van der Waals surface area contributed by atoms with E-state index in [4.69, 9.17) is 0 Å². The highest BCUT2D eigenvalue weighted by Crippen LogP contribution is 2.14. The molecule has 0 unspecified atom stereocenters. The van der Waals surface area contributed by atoms with E-state index >= 15 is 0 Å². The summed E-state index contributed by atoms with van der Waals surface area (Å²) in [6.45, 7) is 7.65. The van der Waals surface area contributed by atoms with E-state index in [0.717, 1.165) is 17.5 Å². The number of hydrogen-bond donors (Lipinski definition) is 1. The van der Waals surface area contributed by atoms with Crippen LogP contribution < -0.4 is 5.32 Å². The van der Waals surface area contributed by atoms with Crippen molar-refractivity contribution in [1.82, 2.24) is 14.9 Å². The Labute approximate surface area is 96.7 Å². The van der Waals surface area contributed by atoms with Crippen molar-refractivity contribution >= 4 is 11.8 Å². The Bertz CT molecular complexity index is 288. The van der Waals surface area contributed by atoms with Gasteiger partial charge >= 0.3 is 0 Å². The Morgan fingerprint density at radius 3 is 2.73 bits per heavy atom. The second-order valence-corrected chi connectivity index (χ2v) is 5.76. The molecule has 0 amide bonds. The van der Waals surface area contributed by atoms with Gasteiger partial charge in [0.05, 0.1) is 0 Å². The smallest absolute Gasteiger partial charge is 0.167 e. The van der Waals surface area contributed by atoms with Crippen LogP contribution in [0.25, 0.3) is 0 Å². The average Bonchev–Trinajstić information content (AvgIpc) is 2.49. The summed E-state index contributed by atoms with van der Waals surface area (Å²) < 4.78 is 2.06. The van der Waals surface area contributed by atoms with E-state index in [2.05, 4.69) is 35.6 Å². The number of rotatable bonds is 5. The number of aromatic nitrogens is 2. The van der Waals surface area contributed by atoms with Crippen molar-refractivity contribution in [1.29, 1.82) is 0 Å². The lowest BCUT2D eigenvalue weighted by Gasteiger charge is -2.20. The number of imidazole rings is 1. The fraction of sp³-hybridized carbons (Fsp3) is 0.727. The lowest BCUT2D eigenvalue weighted by molar-refractivity contribution is 0.427. The standard InChI is InChI=1S/C11H21N3S/c1-11(2,3)13-6-5-9-15-10-12-7-8-14(10)4/h7-8,13H,5-6,9H2,1-4H3. The van der Waals surface area contributed by atoms with Crippen LogP contribution in [0.5, 0.6) is 0 Å². The molecule has 0 aliphatic heterocycles. The lowest BCUT2D eigenvalue weighted by Crippen LogP contribution is -2.36. The summed E-state index contributed by atoms with van der Waals surface area (Å²) in [6.07, 6.45) is 5.00. The number of nitrogens with zero attached hydrogens (tertiary/aromatic N) is 2. The molecule has 0 aliphatic carbocycles. The molecule has 0 aliphatic rings. The highest BCUT2D eigenvalue weighted by atomic mass is 32.2. The second-order valence-electron chi connectivity index (χ2n) is 4.70. The highest BCUT2D eigenvalue weighted by Gasteiger charge is 2.07. The number of thioether (sulfide) groups is 1. The van der Waals surface area contributed by atoms with E-state index in [0.29, 0.717) is 0 Å². The van der Waals surface area contributed by atoms with Crippen LogP contribution in [-0.2, 0) is 7.05 Å². The molecule has 15 heavy (non-hydrogen) atoms. The first kappa shape index (κ1) is 12.6. The van der Waals surface area contributed by atoms with Crippen LogP contribution in [0.4, 0.5) is 0 Å². The Morgan fingerprint density at radius 2 is 2.20 bits per heavy atom. The third kappa shape index (κ3) is 5.23. The Hall–Kier alpha value is -0.480. The molecule has 0 radical (unpaired) electrons. The maximum atomic E-state index is 4.27. The molecule has 0 bridgehead atoms. The molecule has 1 N–H and O–H groups in total. The summed E-state index contributed by atoms with van der Waals surface area (Å²) in [5.74, 6) is 1.12. The lowest BCUT2D eigenvalue weighted by atomic mass is 10.1. The van der Waals surface area contributed by atoms with E-state index in [1.165, 1.54) is 6.42 Å². The van der Waals surface area contributed by atoms with E-state index in [1.54, 1.807) is 0 Å². The molecule has 0 atom stereocenters. The molecule has 4 heteroatoms. The van der Waals surface area contributed by atoms with Crippen molar-refractivity contribution in [3.8, 4) is 0 Å². The van der Waals surface area contributed by atoms with Gasteiger partial charge in [-0.05, 0) is 33.7 Å². The molecule has 0 spiro atoms. The maximum Gasteiger partial charge on any atom is 0.167 e. The third-order valence-electron chi connectivity index (χ3n) is 1.98. The molecule has 1 aromatic heterocycles. The van der Waals surface area contributed by atoms with Crippen LogP contribution in [0.2, 0.25) is 0 Å². The predicted molar refractivity (Wildman–Crippen MR) is 66.3 cm³/mol. The SMILES string of the molecule is Cn1ccnc1SCCCNC(C)(C)C. The summed E-state index contributed by atoms with van der Waals surface area (Å²) in [5, 5.41) is 4.58. The highest BCUT2D eigenvalue weighted by molar-refractivity contribution is 7.99. The topological polar surface area (TPSA) is 29.9 Å². The molecular weight excluding hydrogens is 206 g/mol. The minimum absolute atomic E-state index is 0.230. The van der Waals surface area contributed by atoms with Gasteiger partial charge in [-0.15, -0.1) is 0 Å². The van der Waals surface area contributed by atoms with Gasteiger partial charge < -0.3 is 9.88 Å².